The Morgan fingerprint density at radius 3 is 2.00 bits per heavy atom. The molecule has 1 fully saturated rings. The van der Waals surface area contributed by atoms with Gasteiger partial charge >= 0.3 is 0 Å². The molecule has 0 amide bonds. The zero-order chi connectivity index (χ0) is 19.1. The fourth-order valence-electron chi connectivity index (χ4n) is 4.59. The Morgan fingerprint density at radius 1 is 0.889 bits per heavy atom. The standard InChI is InChI=1S/C26H33N/c1-3-5-6-21-7-9-22(10-8-21)23-11-13-24(14-12-23)25-15-18-26(20-27,17-4-2)19-16-25/h7-14,25H,3-6,15-19H2,1-2H3. The van der Waals surface area contributed by atoms with Gasteiger partial charge in [-0.3, -0.25) is 0 Å². The van der Waals surface area contributed by atoms with E-state index in [9.17, 15) is 5.26 Å². The highest BCUT2D eigenvalue weighted by Crippen LogP contribution is 2.45. The summed E-state index contributed by atoms with van der Waals surface area (Å²) in [5.41, 5.74) is 5.43. The van der Waals surface area contributed by atoms with Crippen LogP contribution < -0.4 is 0 Å². The summed E-state index contributed by atoms with van der Waals surface area (Å²) in [7, 11) is 0. The molecule has 0 aromatic heterocycles. The maximum absolute atomic E-state index is 9.61. The van der Waals surface area contributed by atoms with Crippen LogP contribution in [-0.2, 0) is 6.42 Å². The Kier molecular flexibility index (Phi) is 6.73. The second-order valence-corrected chi connectivity index (χ2v) is 8.34. The van der Waals surface area contributed by atoms with Crippen LogP contribution in [0.25, 0.3) is 11.1 Å². The van der Waals surface area contributed by atoms with Crippen molar-refractivity contribution in [3.63, 3.8) is 0 Å². The van der Waals surface area contributed by atoms with E-state index < -0.39 is 0 Å². The van der Waals surface area contributed by atoms with Gasteiger partial charge in [-0.25, -0.2) is 0 Å². The molecule has 0 atom stereocenters. The minimum Gasteiger partial charge on any atom is -0.198 e. The van der Waals surface area contributed by atoms with Gasteiger partial charge in [0.15, 0.2) is 0 Å². The van der Waals surface area contributed by atoms with Crippen molar-refractivity contribution in [3.8, 4) is 17.2 Å². The molecule has 0 unspecified atom stereocenters. The van der Waals surface area contributed by atoms with Gasteiger partial charge in [-0.05, 0) is 73.1 Å². The number of rotatable bonds is 7. The van der Waals surface area contributed by atoms with Crippen LogP contribution >= 0.6 is 0 Å². The first-order valence-electron chi connectivity index (χ1n) is 10.8. The Labute approximate surface area is 165 Å². The summed E-state index contributed by atoms with van der Waals surface area (Å²) in [6.07, 6.45) is 10.3. The molecule has 1 aliphatic carbocycles. The molecule has 1 saturated carbocycles. The van der Waals surface area contributed by atoms with Crippen LogP contribution in [0.1, 0.15) is 82.3 Å². The molecule has 0 bridgehead atoms. The lowest BCUT2D eigenvalue weighted by atomic mass is 9.68. The first-order valence-corrected chi connectivity index (χ1v) is 10.8. The minimum absolute atomic E-state index is 0.0509. The molecule has 0 radical (unpaired) electrons. The van der Waals surface area contributed by atoms with Crippen molar-refractivity contribution in [1.82, 2.24) is 0 Å². The summed E-state index contributed by atoms with van der Waals surface area (Å²) >= 11 is 0. The van der Waals surface area contributed by atoms with Crippen LogP contribution in [-0.4, -0.2) is 0 Å². The van der Waals surface area contributed by atoms with Crippen molar-refractivity contribution in [1.29, 1.82) is 5.26 Å². The van der Waals surface area contributed by atoms with Crippen LogP contribution in [0.5, 0.6) is 0 Å². The van der Waals surface area contributed by atoms with Gasteiger partial charge in [-0.2, -0.15) is 5.26 Å². The Hall–Kier alpha value is -2.07. The first kappa shape index (κ1) is 19.7. The Bertz CT molecular complexity index is 740. The van der Waals surface area contributed by atoms with Crippen LogP contribution in [0.2, 0.25) is 0 Å². The summed E-state index contributed by atoms with van der Waals surface area (Å²) in [6, 6.07) is 20.9. The number of benzene rings is 2. The van der Waals surface area contributed by atoms with Gasteiger partial charge in [-0.15, -0.1) is 0 Å². The topological polar surface area (TPSA) is 23.8 Å². The molecule has 0 N–H and O–H groups in total. The largest absolute Gasteiger partial charge is 0.198 e. The van der Waals surface area contributed by atoms with Gasteiger partial charge in [0.1, 0.15) is 0 Å². The van der Waals surface area contributed by atoms with Gasteiger partial charge in [-0.1, -0.05) is 75.2 Å². The molecule has 0 heterocycles. The highest BCUT2D eigenvalue weighted by Gasteiger charge is 2.34. The smallest absolute Gasteiger partial charge is 0.0689 e. The molecule has 1 heteroatoms. The Balaban J connectivity index is 1.63. The summed E-state index contributed by atoms with van der Waals surface area (Å²) in [6.45, 7) is 4.44. The minimum atomic E-state index is -0.0509. The molecule has 2 aromatic rings. The molecule has 1 nitrogen and oxygen atoms in total. The number of unbranched alkanes of at least 4 members (excludes halogenated alkanes) is 1. The molecule has 1 aliphatic rings. The van der Waals surface area contributed by atoms with Crippen LogP contribution in [0.15, 0.2) is 48.5 Å². The number of aryl methyl sites for hydroxylation is 1. The molecule has 0 aliphatic heterocycles. The second-order valence-electron chi connectivity index (χ2n) is 8.34. The van der Waals surface area contributed by atoms with Crippen LogP contribution in [0.4, 0.5) is 0 Å². The zero-order valence-electron chi connectivity index (χ0n) is 17.0. The van der Waals surface area contributed by atoms with E-state index in [-0.39, 0.29) is 5.41 Å². The third kappa shape index (κ3) is 4.81. The predicted octanol–water partition coefficient (Wildman–Crippen LogP) is 7.66. The number of nitrogens with zero attached hydrogens (tertiary/aromatic N) is 1. The zero-order valence-corrected chi connectivity index (χ0v) is 17.0. The molecule has 2 aromatic carbocycles. The summed E-state index contributed by atoms with van der Waals surface area (Å²) < 4.78 is 0. The maximum atomic E-state index is 9.61. The van der Waals surface area contributed by atoms with E-state index in [0.717, 1.165) is 38.5 Å². The fraction of sp³-hybridized carbons (Fsp3) is 0.500. The van der Waals surface area contributed by atoms with Crippen molar-refractivity contribution in [2.24, 2.45) is 5.41 Å². The lowest BCUT2D eigenvalue weighted by Crippen LogP contribution is -2.25. The SMILES string of the molecule is CCCCc1ccc(-c2ccc(C3CCC(C#N)(CCC)CC3)cc2)cc1. The normalized spacial score (nSPS) is 22.3. The van der Waals surface area contributed by atoms with E-state index in [4.69, 9.17) is 0 Å². The Morgan fingerprint density at radius 2 is 1.48 bits per heavy atom. The average molecular weight is 360 g/mol. The van der Waals surface area contributed by atoms with Crippen molar-refractivity contribution < 1.29 is 0 Å². The molecular weight excluding hydrogens is 326 g/mol. The van der Waals surface area contributed by atoms with E-state index >= 15 is 0 Å². The summed E-state index contributed by atoms with van der Waals surface area (Å²) in [4.78, 5) is 0. The van der Waals surface area contributed by atoms with Crippen LogP contribution in [0.3, 0.4) is 0 Å². The van der Waals surface area contributed by atoms with E-state index in [2.05, 4.69) is 68.4 Å². The van der Waals surface area contributed by atoms with E-state index in [1.165, 1.54) is 41.5 Å². The molecule has 0 spiro atoms. The quantitative estimate of drug-likeness (QED) is 0.497. The molecule has 27 heavy (non-hydrogen) atoms. The summed E-state index contributed by atoms with van der Waals surface area (Å²) in [5, 5.41) is 9.61. The van der Waals surface area contributed by atoms with Crippen molar-refractivity contribution >= 4 is 0 Å². The van der Waals surface area contributed by atoms with E-state index in [0.29, 0.717) is 5.92 Å². The van der Waals surface area contributed by atoms with Crippen LogP contribution in [0, 0.1) is 16.7 Å². The van der Waals surface area contributed by atoms with Gasteiger partial charge in [0, 0.05) is 0 Å². The van der Waals surface area contributed by atoms with E-state index in [1.807, 2.05) is 0 Å². The highest BCUT2D eigenvalue weighted by atomic mass is 14.4. The van der Waals surface area contributed by atoms with Gasteiger partial charge in [0.05, 0.1) is 11.5 Å². The highest BCUT2D eigenvalue weighted by molar-refractivity contribution is 5.64. The monoisotopic (exact) mass is 359 g/mol. The molecule has 0 saturated heterocycles. The number of hydrogen-bond acceptors (Lipinski definition) is 1. The molecular formula is C26H33N. The average Bonchev–Trinajstić information content (AvgIpc) is 2.73. The second kappa shape index (κ2) is 9.23. The van der Waals surface area contributed by atoms with Gasteiger partial charge in [0.25, 0.3) is 0 Å². The predicted molar refractivity (Wildman–Crippen MR) is 115 cm³/mol. The lowest BCUT2D eigenvalue weighted by Gasteiger charge is -2.35. The van der Waals surface area contributed by atoms with Crippen molar-refractivity contribution in [2.75, 3.05) is 0 Å². The third-order valence-electron chi connectivity index (χ3n) is 6.40. The van der Waals surface area contributed by atoms with Gasteiger partial charge < -0.3 is 0 Å². The lowest BCUT2D eigenvalue weighted by molar-refractivity contribution is 0.228. The van der Waals surface area contributed by atoms with Gasteiger partial charge in [0.2, 0.25) is 0 Å². The molecule has 3 rings (SSSR count). The number of nitriles is 1. The first-order chi connectivity index (χ1) is 13.2. The fourth-order valence-corrected chi connectivity index (χ4v) is 4.59. The third-order valence-corrected chi connectivity index (χ3v) is 6.40. The maximum Gasteiger partial charge on any atom is 0.0689 e. The summed E-state index contributed by atoms with van der Waals surface area (Å²) in [5.74, 6) is 0.619. The molecule has 142 valence electrons. The van der Waals surface area contributed by atoms with E-state index in [1.54, 1.807) is 0 Å². The van der Waals surface area contributed by atoms with Crippen molar-refractivity contribution in [2.45, 2.75) is 77.6 Å². The van der Waals surface area contributed by atoms with Crippen molar-refractivity contribution in [3.05, 3.63) is 59.7 Å². The number of hydrogen-bond donors (Lipinski definition) is 0.